The van der Waals surface area contributed by atoms with Crippen molar-refractivity contribution in [1.29, 1.82) is 0 Å². The van der Waals surface area contributed by atoms with E-state index in [0.717, 1.165) is 0 Å². The van der Waals surface area contributed by atoms with Crippen molar-refractivity contribution in [2.24, 2.45) is 0 Å². The van der Waals surface area contributed by atoms with Gasteiger partial charge in [0.15, 0.2) is 0 Å². The number of hydrogen-bond donors (Lipinski definition) is 1. The van der Waals surface area contributed by atoms with Crippen LogP contribution in [0.15, 0.2) is 18.2 Å². The maximum Gasteiger partial charge on any atom is 0.140 e. The summed E-state index contributed by atoms with van der Waals surface area (Å²) in [6.07, 6.45) is 0. The fourth-order valence-corrected chi connectivity index (χ4v) is 1.20. The summed E-state index contributed by atoms with van der Waals surface area (Å²) in [5.41, 5.74) is -0.658. The molecule has 0 aliphatic carbocycles. The van der Waals surface area contributed by atoms with E-state index in [1.54, 1.807) is 32.0 Å². The maximum atomic E-state index is 9.01. The molecule has 0 aliphatic heterocycles. The quantitative estimate of drug-likeness (QED) is 0.871. The summed E-state index contributed by atoms with van der Waals surface area (Å²) in [5.74, 6) is 0.484. The minimum atomic E-state index is -0.658. The summed E-state index contributed by atoms with van der Waals surface area (Å²) in [7, 11) is 0. The molecular formula is C10H12Cl2O2. The van der Waals surface area contributed by atoms with Crippen LogP contribution in [-0.4, -0.2) is 17.3 Å². The van der Waals surface area contributed by atoms with Gasteiger partial charge in [-0.05, 0) is 26.0 Å². The average Bonchev–Trinajstić information content (AvgIpc) is 2.11. The topological polar surface area (TPSA) is 29.5 Å². The molecule has 1 aromatic carbocycles. The molecule has 0 bridgehead atoms. The molecule has 1 aromatic rings. The molecular weight excluding hydrogens is 223 g/mol. The van der Waals surface area contributed by atoms with Crippen LogP contribution in [0.2, 0.25) is 10.0 Å². The van der Waals surface area contributed by atoms with E-state index >= 15 is 0 Å². The van der Waals surface area contributed by atoms with Gasteiger partial charge in [-0.1, -0.05) is 23.2 Å². The average molecular weight is 235 g/mol. The first-order valence-electron chi connectivity index (χ1n) is 4.19. The molecule has 0 unspecified atom stereocenters. The van der Waals surface area contributed by atoms with Gasteiger partial charge in [0, 0.05) is 11.1 Å². The molecule has 0 aromatic heterocycles. The Balaban J connectivity index is 2.91. The number of hydrogen-bond acceptors (Lipinski definition) is 2. The highest BCUT2D eigenvalue weighted by atomic mass is 35.5. The Hall–Kier alpha value is -0.440. The van der Waals surface area contributed by atoms with Crippen molar-refractivity contribution >= 4 is 23.2 Å². The SMILES string of the molecule is CC(C)(CO)Oc1cc(Cl)ccc1Cl. The van der Waals surface area contributed by atoms with Gasteiger partial charge in [0.05, 0.1) is 11.6 Å². The van der Waals surface area contributed by atoms with Gasteiger partial charge in [0.2, 0.25) is 0 Å². The predicted octanol–water partition coefficient (Wildman–Crippen LogP) is 3.14. The largest absolute Gasteiger partial charge is 0.484 e. The Bertz CT molecular complexity index is 324. The molecule has 0 amide bonds. The molecule has 14 heavy (non-hydrogen) atoms. The van der Waals surface area contributed by atoms with Crippen LogP contribution >= 0.6 is 23.2 Å². The lowest BCUT2D eigenvalue weighted by Crippen LogP contribution is -2.32. The van der Waals surface area contributed by atoms with Gasteiger partial charge < -0.3 is 9.84 Å². The molecule has 78 valence electrons. The summed E-state index contributed by atoms with van der Waals surface area (Å²) in [6.45, 7) is 3.45. The molecule has 0 aliphatic rings. The summed E-state index contributed by atoms with van der Waals surface area (Å²) in [4.78, 5) is 0. The molecule has 0 fully saturated rings. The number of aliphatic hydroxyl groups is 1. The molecule has 1 rings (SSSR count). The second-order valence-corrected chi connectivity index (χ2v) is 4.44. The van der Waals surface area contributed by atoms with Crippen molar-refractivity contribution in [3.8, 4) is 5.75 Å². The van der Waals surface area contributed by atoms with Gasteiger partial charge in [-0.3, -0.25) is 0 Å². The Labute approximate surface area is 93.4 Å². The second-order valence-electron chi connectivity index (χ2n) is 3.59. The lowest BCUT2D eigenvalue weighted by Gasteiger charge is -2.24. The van der Waals surface area contributed by atoms with Crippen LogP contribution in [0.5, 0.6) is 5.75 Å². The second kappa shape index (κ2) is 4.39. The van der Waals surface area contributed by atoms with E-state index < -0.39 is 5.60 Å². The molecule has 1 N–H and O–H groups in total. The van der Waals surface area contributed by atoms with Crippen LogP contribution in [0.1, 0.15) is 13.8 Å². The van der Waals surface area contributed by atoms with Crippen LogP contribution in [-0.2, 0) is 0 Å². The molecule has 0 radical (unpaired) electrons. The van der Waals surface area contributed by atoms with E-state index in [9.17, 15) is 0 Å². The van der Waals surface area contributed by atoms with Gasteiger partial charge in [-0.2, -0.15) is 0 Å². The Morgan fingerprint density at radius 1 is 1.36 bits per heavy atom. The van der Waals surface area contributed by atoms with E-state index in [1.807, 2.05) is 0 Å². The first kappa shape index (κ1) is 11.6. The lowest BCUT2D eigenvalue weighted by molar-refractivity contribution is 0.0413. The molecule has 0 atom stereocenters. The van der Waals surface area contributed by atoms with Crippen LogP contribution in [0, 0.1) is 0 Å². The Morgan fingerprint density at radius 3 is 2.57 bits per heavy atom. The lowest BCUT2D eigenvalue weighted by atomic mass is 10.1. The van der Waals surface area contributed by atoms with Crippen LogP contribution in [0.3, 0.4) is 0 Å². The van der Waals surface area contributed by atoms with E-state index in [0.29, 0.717) is 15.8 Å². The number of ether oxygens (including phenoxy) is 1. The van der Waals surface area contributed by atoms with Crippen molar-refractivity contribution in [3.05, 3.63) is 28.2 Å². The minimum absolute atomic E-state index is 0.0875. The first-order chi connectivity index (χ1) is 6.44. The molecule has 0 saturated heterocycles. The number of halogens is 2. The predicted molar refractivity (Wildman–Crippen MR) is 58.3 cm³/mol. The van der Waals surface area contributed by atoms with Crippen LogP contribution in [0.25, 0.3) is 0 Å². The third-order valence-corrected chi connectivity index (χ3v) is 2.21. The third-order valence-electron chi connectivity index (χ3n) is 1.66. The van der Waals surface area contributed by atoms with Crippen molar-refractivity contribution in [1.82, 2.24) is 0 Å². The molecule has 0 heterocycles. The number of rotatable bonds is 3. The van der Waals surface area contributed by atoms with Gasteiger partial charge in [0.1, 0.15) is 11.4 Å². The smallest absolute Gasteiger partial charge is 0.140 e. The minimum Gasteiger partial charge on any atom is -0.484 e. The van der Waals surface area contributed by atoms with Gasteiger partial charge in [-0.15, -0.1) is 0 Å². The summed E-state index contributed by atoms with van der Waals surface area (Å²) >= 11 is 11.7. The van der Waals surface area contributed by atoms with E-state index in [2.05, 4.69) is 0 Å². The summed E-state index contributed by atoms with van der Waals surface area (Å²) in [5, 5.41) is 10.1. The zero-order chi connectivity index (χ0) is 10.8. The van der Waals surface area contributed by atoms with Gasteiger partial charge >= 0.3 is 0 Å². The fraction of sp³-hybridized carbons (Fsp3) is 0.400. The van der Waals surface area contributed by atoms with E-state index in [-0.39, 0.29) is 6.61 Å². The highest BCUT2D eigenvalue weighted by Gasteiger charge is 2.19. The number of aliphatic hydroxyl groups excluding tert-OH is 1. The highest BCUT2D eigenvalue weighted by molar-refractivity contribution is 6.34. The first-order valence-corrected chi connectivity index (χ1v) is 4.95. The fourth-order valence-electron chi connectivity index (χ4n) is 0.885. The van der Waals surface area contributed by atoms with Gasteiger partial charge in [-0.25, -0.2) is 0 Å². The summed E-state index contributed by atoms with van der Waals surface area (Å²) in [6, 6.07) is 4.97. The monoisotopic (exact) mass is 234 g/mol. The summed E-state index contributed by atoms with van der Waals surface area (Å²) < 4.78 is 5.50. The number of benzene rings is 1. The van der Waals surface area contributed by atoms with Crippen LogP contribution < -0.4 is 4.74 Å². The third kappa shape index (κ3) is 3.05. The van der Waals surface area contributed by atoms with E-state index in [4.69, 9.17) is 33.0 Å². The van der Waals surface area contributed by atoms with Crippen molar-refractivity contribution < 1.29 is 9.84 Å². The zero-order valence-electron chi connectivity index (χ0n) is 8.05. The van der Waals surface area contributed by atoms with Crippen molar-refractivity contribution in [2.75, 3.05) is 6.61 Å². The van der Waals surface area contributed by atoms with Crippen LogP contribution in [0.4, 0.5) is 0 Å². The zero-order valence-corrected chi connectivity index (χ0v) is 9.56. The Kier molecular flexibility index (Phi) is 3.65. The van der Waals surface area contributed by atoms with Crippen molar-refractivity contribution in [3.63, 3.8) is 0 Å². The van der Waals surface area contributed by atoms with Gasteiger partial charge in [0.25, 0.3) is 0 Å². The maximum absolute atomic E-state index is 9.01. The molecule has 0 saturated carbocycles. The molecule has 2 nitrogen and oxygen atoms in total. The standard InChI is InChI=1S/C10H12Cl2O2/c1-10(2,6-13)14-9-5-7(11)3-4-8(9)12/h3-5,13H,6H2,1-2H3. The normalized spacial score (nSPS) is 11.5. The highest BCUT2D eigenvalue weighted by Crippen LogP contribution is 2.30. The van der Waals surface area contributed by atoms with E-state index in [1.165, 1.54) is 0 Å². The van der Waals surface area contributed by atoms with Crippen molar-refractivity contribution in [2.45, 2.75) is 19.4 Å². The molecule has 0 spiro atoms. The Morgan fingerprint density at radius 2 is 2.00 bits per heavy atom. The molecule has 4 heteroatoms.